The van der Waals surface area contributed by atoms with Gasteiger partial charge in [-0.2, -0.15) is 0 Å². The third-order valence-corrected chi connectivity index (χ3v) is 6.87. The lowest BCUT2D eigenvalue weighted by Crippen LogP contribution is -2.65. The summed E-state index contributed by atoms with van der Waals surface area (Å²) in [5.74, 6) is -2.34. The maximum Gasteiger partial charge on any atom is 0.208 e. The van der Waals surface area contributed by atoms with Gasteiger partial charge in [0.05, 0.1) is 31.5 Å². The summed E-state index contributed by atoms with van der Waals surface area (Å²) >= 11 is 0. The maximum atomic E-state index is 10.7. The second kappa shape index (κ2) is 7.34. The Morgan fingerprint density at radius 2 is 1.74 bits per heavy atom. The SMILES string of the molecule is CC1(C)OC[C@H]2O[C@@H](O[C@@H]3OC=CC4C3[C@]3(COC(C)(C)O3)C[C@H]4O)[C@H](O)[C@@H](O)[C@@H]2O1. The predicted molar refractivity (Wildman–Crippen MR) is 102 cm³/mol. The number of aliphatic hydroxyl groups excluding tert-OH is 3. The van der Waals surface area contributed by atoms with Gasteiger partial charge in [-0.25, -0.2) is 0 Å². The van der Waals surface area contributed by atoms with Crippen molar-refractivity contribution in [3.8, 4) is 0 Å². The number of aliphatic hydroxyl groups is 3. The molecule has 0 amide bonds. The molecule has 1 spiro atoms. The van der Waals surface area contributed by atoms with Crippen molar-refractivity contribution in [2.75, 3.05) is 13.2 Å². The van der Waals surface area contributed by atoms with Gasteiger partial charge in [0.15, 0.2) is 17.9 Å². The largest absolute Gasteiger partial charge is 0.472 e. The molecule has 1 saturated carbocycles. The Labute approximate surface area is 180 Å². The van der Waals surface area contributed by atoms with Crippen molar-refractivity contribution in [3.05, 3.63) is 12.3 Å². The van der Waals surface area contributed by atoms with Crippen molar-refractivity contribution < 1.29 is 48.5 Å². The number of fused-ring (bicyclic) bond motifs is 3. The van der Waals surface area contributed by atoms with E-state index in [9.17, 15) is 15.3 Å². The Bertz CT molecular complexity index is 723. The van der Waals surface area contributed by atoms with E-state index in [0.29, 0.717) is 6.42 Å². The fourth-order valence-electron chi connectivity index (χ4n) is 5.49. The van der Waals surface area contributed by atoms with Crippen molar-refractivity contribution in [2.24, 2.45) is 11.8 Å². The molecule has 0 aromatic carbocycles. The van der Waals surface area contributed by atoms with Gasteiger partial charge >= 0.3 is 0 Å². The van der Waals surface area contributed by atoms with Crippen molar-refractivity contribution in [1.82, 2.24) is 0 Å². The molecule has 4 heterocycles. The molecule has 0 radical (unpaired) electrons. The molecule has 5 rings (SSSR count). The molecule has 10 atom stereocenters. The Hall–Kier alpha value is -0.820. The van der Waals surface area contributed by atoms with Crippen LogP contribution in [0.25, 0.3) is 0 Å². The van der Waals surface area contributed by atoms with Gasteiger partial charge < -0.3 is 48.5 Å². The molecule has 10 heteroatoms. The lowest BCUT2D eigenvalue weighted by atomic mass is 9.84. The number of ether oxygens (including phenoxy) is 7. The second-order valence-corrected chi connectivity index (χ2v) is 10.0. The number of hydrogen-bond donors (Lipinski definition) is 3. The molecule has 3 saturated heterocycles. The summed E-state index contributed by atoms with van der Waals surface area (Å²) in [4.78, 5) is 0. The average Bonchev–Trinajstić information content (AvgIpc) is 3.15. The average molecular weight is 444 g/mol. The molecule has 0 aromatic heterocycles. The van der Waals surface area contributed by atoms with Crippen LogP contribution in [0, 0.1) is 11.8 Å². The summed E-state index contributed by atoms with van der Waals surface area (Å²) in [6.07, 6.45) is -2.99. The highest BCUT2D eigenvalue weighted by molar-refractivity contribution is 5.14. The zero-order valence-electron chi connectivity index (χ0n) is 18.2. The summed E-state index contributed by atoms with van der Waals surface area (Å²) < 4.78 is 41.2. The molecule has 3 N–H and O–H groups in total. The molecule has 10 nitrogen and oxygen atoms in total. The van der Waals surface area contributed by atoms with Gasteiger partial charge in [-0.1, -0.05) is 0 Å². The first-order valence-corrected chi connectivity index (χ1v) is 10.8. The maximum absolute atomic E-state index is 10.7. The number of hydrogen-bond acceptors (Lipinski definition) is 10. The highest BCUT2D eigenvalue weighted by Crippen LogP contribution is 2.53. The molecule has 4 aliphatic heterocycles. The van der Waals surface area contributed by atoms with E-state index in [0.717, 1.165) is 0 Å². The smallest absolute Gasteiger partial charge is 0.208 e. The van der Waals surface area contributed by atoms with Crippen molar-refractivity contribution in [3.63, 3.8) is 0 Å². The first kappa shape index (κ1) is 22.0. The molecule has 176 valence electrons. The Morgan fingerprint density at radius 3 is 2.45 bits per heavy atom. The molecular weight excluding hydrogens is 412 g/mol. The van der Waals surface area contributed by atoms with E-state index in [-0.39, 0.29) is 19.1 Å². The van der Waals surface area contributed by atoms with Crippen LogP contribution in [0.3, 0.4) is 0 Å². The molecule has 4 fully saturated rings. The molecule has 2 unspecified atom stereocenters. The summed E-state index contributed by atoms with van der Waals surface area (Å²) in [7, 11) is 0. The normalized spacial score (nSPS) is 52.5. The van der Waals surface area contributed by atoms with Crippen LogP contribution < -0.4 is 0 Å². The summed E-state index contributed by atoms with van der Waals surface area (Å²) in [6.45, 7) is 7.60. The zero-order valence-corrected chi connectivity index (χ0v) is 18.2. The van der Waals surface area contributed by atoms with Crippen LogP contribution in [0.15, 0.2) is 12.3 Å². The van der Waals surface area contributed by atoms with E-state index in [1.807, 2.05) is 13.8 Å². The van der Waals surface area contributed by atoms with Crippen LogP contribution in [0.1, 0.15) is 34.1 Å². The minimum atomic E-state index is -1.36. The van der Waals surface area contributed by atoms with Crippen molar-refractivity contribution >= 4 is 0 Å². The Balaban J connectivity index is 1.35. The fourth-order valence-corrected chi connectivity index (χ4v) is 5.49. The van der Waals surface area contributed by atoms with Gasteiger partial charge in [-0.15, -0.1) is 0 Å². The van der Waals surface area contributed by atoms with E-state index < -0.39 is 66.2 Å². The van der Waals surface area contributed by atoms with Crippen LogP contribution in [-0.2, 0) is 33.2 Å². The second-order valence-electron chi connectivity index (χ2n) is 10.0. The zero-order chi connectivity index (χ0) is 22.2. The first-order valence-electron chi connectivity index (χ1n) is 10.8. The van der Waals surface area contributed by atoms with E-state index in [1.165, 1.54) is 6.26 Å². The van der Waals surface area contributed by atoms with Crippen LogP contribution in [0.4, 0.5) is 0 Å². The predicted octanol–water partition coefficient (Wildman–Crippen LogP) is -0.0101. The minimum absolute atomic E-state index is 0.187. The first-order chi connectivity index (χ1) is 14.5. The number of rotatable bonds is 2. The molecule has 1 aliphatic carbocycles. The quantitative estimate of drug-likeness (QED) is 0.535. The third-order valence-electron chi connectivity index (χ3n) is 6.87. The van der Waals surface area contributed by atoms with Crippen LogP contribution in [0.5, 0.6) is 0 Å². The van der Waals surface area contributed by atoms with Gasteiger partial charge in [0, 0.05) is 12.3 Å². The molecule has 0 bridgehead atoms. The van der Waals surface area contributed by atoms with Gasteiger partial charge in [0.25, 0.3) is 0 Å². The molecule has 5 aliphatic rings. The third kappa shape index (κ3) is 3.71. The van der Waals surface area contributed by atoms with Crippen LogP contribution >= 0.6 is 0 Å². The van der Waals surface area contributed by atoms with Crippen LogP contribution in [-0.4, -0.2) is 88.8 Å². The Morgan fingerprint density at radius 1 is 0.968 bits per heavy atom. The van der Waals surface area contributed by atoms with E-state index in [1.54, 1.807) is 19.9 Å². The van der Waals surface area contributed by atoms with E-state index in [2.05, 4.69) is 0 Å². The summed E-state index contributed by atoms with van der Waals surface area (Å²) in [5.41, 5.74) is -0.801. The van der Waals surface area contributed by atoms with E-state index >= 15 is 0 Å². The van der Waals surface area contributed by atoms with Gasteiger partial charge in [0.1, 0.15) is 30.0 Å². The van der Waals surface area contributed by atoms with Crippen molar-refractivity contribution in [2.45, 2.75) is 94.4 Å². The van der Waals surface area contributed by atoms with Gasteiger partial charge in [-0.05, 0) is 33.8 Å². The minimum Gasteiger partial charge on any atom is -0.472 e. The fraction of sp³-hybridized carbons (Fsp3) is 0.905. The lowest BCUT2D eigenvalue weighted by Gasteiger charge is -2.49. The summed E-state index contributed by atoms with van der Waals surface area (Å²) in [6, 6.07) is 0. The molecule has 31 heavy (non-hydrogen) atoms. The van der Waals surface area contributed by atoms with Gasteiger partial charge in [0.2, 0.25) is 6.29 Å². The molecule has 0 aromatic rings. The van der Waals surface area contributed by atoms with Gasteiger partial charge in [-0.3, -0.25) is 0 Å². The standard InChI is InChI=1S/C21H32O10/c1-19(2)26-8-12-16(30-19)14(23)15(24)18(28-12)29-17-13-10(5-6-25-17)11(22)7-21(13)9-27-20(3,4)31-21/h5-6,10-18,22-24H,7-9H2,1-4H3/t10?,11-,12-,13?,14-,15-,16-,17+,18+,21-/m1/s1. The topological polar surface area (TPSA) is 125 Å². The van der Waals surface area contributed by atoms with Crippen molar-refractivity contribution in [1.29, 1.82) is 0 Å². The monoisotopic (exact) mass is 444 g/mol. The summed E-state index contributed by atoms with van der Waals surface area (Å²) in [5, 5.41) is 32.1. The van der Waals surface area contributed by atoms with Crippen LogP contribution in [0.2, 0.25) is 0 Å². The van der Waals surface area contributed by atoms with E-state index in [4.69, 9.17) is 33.2 Å². The highest BCUT2D eigenvalue weighted by Gasteiger charge is 2.64. The molecular formula is C21H32O10. The lowest BCUT2D eigenvalue weighted by molar-refractivity contribution is -0.398. The Kier molecular flexibility index (Phi) is 5.21. The highest BCUT2D eigenvalue weighted by atomic mass is 16.8.